The van der Waals surface area contributed by atoms with Crippen LogP contribution >= 0.6 is 11.6 Å². The molecule has 0 aliphatic heterocycles. The minimum absolute atomic E-state index is 0.0581. The lowest BCUT2D eigenvalue weighted by Gasteiger charge is -2.08. The molecule has 1 heterocycles. The van der Waals surface area contributed by atoms with Crippen LogP contribution in [0.1, 0.15) is 16.1 Å². The molecule has 5 nitrogen and oxygen atoms in total. The number of hydrogen-bond donors (Lipinski definition) is 2. The Balaban J connectivity index is 1.60. The zero-order valence-corrected chi connectivity index (χ0v) is 14.8. The molecule has 8 heteroatoms. The third-order valence-corrected chi connectivity index (χ3v) is 3.96. The molecule has 0 atom stereocenters. The fraction of sp³-hybridized carbons (Fsp3) is 0.105. The molecule has 0 saturated carbocycles. The van der Waals surface area contributed by atoms with Crippen LogP contribution in [-0.2, 0) is 6.42 Å². The van der Waals surface area contributed by atoms with Crippen LogP contribution in [0.2, 0.25) is 5.02 Å². The molecule has 3 rings (SSSR count). The average Bonchev–Trinajstić information content (AvgIpc) is 2.66. The molecule has 0 unspecified atom stereocenters. The molecule has 2 N–H and O–H groups in total. The maximum Gasteiger partial charge on any atom is 0.274 e. The van der Waals surface area contributed by atoms with Gasteiger partial charge in [-0.15, -0.1) is 0 Å². The van der Waals surface area contributed by atoms with Crippen molar-refractivity contribution in [2.45, 2.75) is 6.42 Å². The van der Waals surface area contributed by atoms with Crippen molar-refractivity contribution < 1.29 is 13.6 Å². The van der Waals surface area contributed by atoms with Gasteiger partial charge in [0.05, 0.1) is 5.69 Å². The van der Waals surface area contributed by atoms with Crippen molar-refractivity contribution in [2.75, 3.05) is 17.2 Å². The van der Waals surface area contributed by atoms with E-state index in [-0.39, 0.29) is 11.4 Å². The fourth-order valence-electron chi connectivity index (χ4n) is 2.34. The summed E-state index contributed by atoms with van der Waals surface area (Å²) in [5.74, 6) is -1.74. The van der Waals surface area contributed by atoms with E-state index in [0.717, 1.165) is 24.1 Å². The van der Waals surface area contributed by atoms with E-state index in [1.807, 2.05) is 24.3 Å². The standard InChI is InChI=1S/C19H15ClF2N4O/c20-13-3-1-12(2-4-13)7-8-23-18-10-17(24-11-25-18)19(27)26-16-6-5-14(21)9-15(16)22/h1-6,9-11H,7-8H2,(H,26,27)(H,23,24,25). The van der Waals surface area contributed by atoms with Gasteiger partial charge in [-0.3, -0.25) is 4.79 Å². The first-order valence-corrected chi connectivity index (χ1v) is 8.46. The number of amides is 1. The van der Waals surface area contributed by atoms with Crippen LogP contribution < -0.4 is 10.6 Å². The van der Waals surface area contributed by atoms with E-state index in [1.165, 1.54) is 12.4 Å². The quantitative estimate of drug-likeness (QED) is 0.660. The second-order valence-electron chi connectivity index (χ2n) is 5.67. The lowest BCUT2D eigenvalue weighted by Crippen LogP contribution is -2.16. The summed E-state index contributed by atoms with van der Waals surface area (Å²) in [5.41, 5.74) is 1.03. The first kappa shape index (κ1) is 18.7. The van der Waals surface area contributed by atoms with Crippen LogP contribution in [0, 0.1) is 11.6 Å². The number of aromatic nitrogens is 2. The number of carbonyl (C=O) groups excluding carboxylic acids is 1. The van der Waals surface area contributed by atoms with E-state index in [4.69, 9.17) is 11.6 Å². The summed E-state index contributed by atoms with van der Waals surface area (Å²) in [5, 5.41) is 6.13. The summed E-state index contributed by atoms with van der Waals surface area (Å²) in [4.78, 5) is 20.2. The maximum absolute atomic E-state index is 13.7. The highest BCUT2D eigenvalue weighted by Crippen LogP contribution is 2.16. The first-order chi connectivity index (χ1) is 13.0. The predicted molar refractivity (Wildman–Crippen MR) is 100.0 cm³/mol. The molecule has 3 aromatic rings. The SMILES string of the molecule is O=C(Nc1ccc(F)cc1F)c1cc(NCCc2ccc(Cl)cc2)ncn1. The number of nitrogens with zero attached hydrogens (tertiary/aromatic N) is 2. The van der Waals surface area contributed by atoms with Crippen molar-refractivity contribution in [3.05, 3.63) is 82.8 Å². The molecule has 0 spiro atoms. The van der Waals surface area contributed by atoms with Crippen LogP contribution in [-0.4, -0.2) is 22.4 Å². The van der Waals surface area contributed by atoms with Crippen LogP contribution in [0.4, 0.5) is 20.3 Å². The smallest absolute Gasteiger partial charge is 0.274 e. The zero-order chi connectivity index (χ0) is 19.2. The molecule has 2 aromatic carbocycles. The first-order valence-electron chi connectivity index (χ1n) is 8.08. The molecule has 0 radical (unpaired) electrons. The number of benzene rings is 2. The molecule has 0 aliphatic carbocycles. The number of hydrogen-bond acceptors (Lipinski definition) is 4. The van der Waals surface area contributed by atoms with Crippen molar-refractivity contribution in [1.82, 2.24) is 9.97 Å². The number of nitrogens with one attached hydrogen (secondary N) is 2. The lowest BCUT2D eigenvalue weighted by molar-refractivity contribution is 0.102. The lowest BCUT2D eigenvalue weighted by atomic mass is 10.1. The second-order valence-corrected chi connectivity index (χ2v) is 6.11. The Hall–Kier alpha value is -3.06. The zero-order valence-electron chi connectivity index (χ0n) is 14.0. The van der Waals surface area contributed by atoms with E-state index in [9.17, 15) is 13.6 Å². The molecule has 138 valence electrons. The molecule has 1 amide bonds. The Bertz CT molecular complexity index is 951. The fourth-order valence-corrected chi connectivity index (χ4v) is 2.47. The van der Waals surface area contributed by atoms with Crippen molar-refractivity contribution in [3.63, 3.8) is 0 Å². The predicted octanol–water partition coefficient (Wildman–Crippen LogP) is 4.32. The van der Waals surface area contributed by atoms with E-state index >= 15 is 0 Å². The van der Waals surface area contributed by atoms with E-state index in [0.29, 0.717) is 23.5 Å². The van der Waals surface area contributed by atoms with Gasteiger partial charge in [-0.1, -0.05) is 23.7 Å². The molecular formula is C19H15ClF2N4O. The Morgan fingerprint density at radius 3 is 2.56 bits per heavy atom. The third kappa shape index (κ3) is 5.21. The van der Waals surface area contributed by atoms with E-state index < -0.39 is 17.5 Å². The van der Waals surface area contributed by atoms with Gasteiger partial charge < -0.3 is 10.6 Å². The Morgan fingerprint density at radius 2 is 1.81 bits per heavy atom. The molecule has 0 saturated heterocycles. The summed E-state index contributed by atoms with van der Waals surface area (Å²) in [6.07, 6.45) is 1.98. The second kappa shape index (κ2) is 8.55. The van der Waals surface area contributed by atoms with Gasteiger partial charge in [0.15, 0.2) is 0 Å². The normalized spacial score (nSPS) is 10.5. The van der Waals surface area contributed by atoms with Gasteiger partial charge >= 0.3 is 0 Å². The number of carbonyl (C=O) groups is 1. The van der Waals surface area contributed by atoms with Crippen LogP contribution in [0.15, 0.2) is 54.9 Å². The van der Waals surface area contributed by atoms with Gasteiger partial charge in [-0.05, 0) is 36.2 Å². The Labute approximate surface area is 159 Å². The van der Waals surface area contributed by atoms with Crippen LogP contribution in [0.5, 0.6) is 0 Å². The van der Waals surface area contributed by atoms with Crippen LogP contribution in [0.25, 0.3) is 0 Å². The topological polar surface area (TPSA) is 66.9 Å². The minimum atomic E-state index is -0.862. The summed E-state index contributed by atoms with van der Waals surface area (Å²) in [7, 11) is 0. The van der Waals surface area contributed by atoms with Crippen molar-refractivity contribution in [3.8, 4) is 0 Å². The van der Waals surface area contributed by atoms with E-state index in [2.05, 4.69) is 20.6 Å². The largest absolute Gasteiger partial charge is 0.370 e. The van der Waals surface area contributed by atoms with Gasteiger partial charge in [0.1, 0.15) is 29.5 Å². The van der Waals surface area contributed by atoms with Crippen LogP contribution in [0.3, 0.4) is 0 Å². The highest BCUT2D eigenvalue weighted by molar-refractivity contribution is 6.30. The van der Waals surface area contributed by atoms with Crippen molar-refractivity contribution >= 4 is 29.0 Å². The highest BCUT2D eigenvalue weighted by Gasteiger charge is 2.12. The van der Waals surface area contributed by atoms with Crippen molar-refractivity contribution in [2.24, 2.45) is 0 Å². The molecule has 0 bridgehead atoms. The number of anilines is 2. The van der Waals surface area contributed by atoms with Crippen molar-refractivity contribution in [1.29, 1.82) is 0 Å². The summed E-state index contributed by atoms with van der Waals surface area (Å²) in [6, 6.07) is 11.9. The maximum atomic E-state index is 13.7. The minimum Gasteiger partial charge on any atom is -0.370 e. The van der Waals surface area contributed by atoms with Gasteiger partial charge in [-0.25, -0.2) is 18.7 Å². The molecule has 1 aromatic heterocycles. The van der Waals surface area contributed by atoms with Gasteiger partial charge in [0, 0.05) is 23.7 Å². The van der Waals surface area contributed by atoms with Gasteiger partial charge in [0.25, 0.3) is 5.91 Å². The highest BCUT2D eigenvalue weighted by atomic mass is 35.5. The molecule has 27 heavy (non-hydrogen) atoms. The molecule has 0 aliphatic rings. The summed E-state index contributed by atoms with van der Waals surface area (Å²) in [6.45, 7) is 0.590. The van der Waals surface area contributed by atoms with Gasteiger partial charge in [-0.2, -0.15) is 0 Å². The number of rotatable bonds is 6. The molecule has 0 fully saturated rings. The summed E-state index contributed by atoms with van der Waals surface area (Å²) < 4.78 is 26.6. The average molecular weight is 389 g/mol. The van der Waals surface area contributed by atoms with E-state index in [1.54, 1.807) is 0 Å². The summed E-state index contributed by atoms with van der Waals surface area (Å²) >= 11 is 5.85. The molecular weight excluding hydrogens is 374 g/mol. The Morgan fingerprint density at radius 1 is 1.04 bits per heavy atom. The number of halogens is 3. The third-order valence-electron chi connectivity index (χ3n) is 3.71. The monoisotopic (exact) mass is 388 g/mol. The Kier molecular flexibility index (Phi) is 5.93. The van der Waals surface area contributed by atoms with Gasteiger partial charge in [0.2, 0.25) is 0 Å².